The van der Waals surface area contributed by atoms with Gasteiger partial charge in [0.25, 0.3) is 0 Å². The van der Waals surface area contributed by atoms with Gasteiger partial charge >= 0.3 is 0 Å². The maximum atomic E-state index is 2.54. The Morgan fingerprint density at radius 2 is 1.24 bits per heavy atom. The number of benzene rings is 3. The topological polar surface area (TPSA) is 3.24 Å². The fourth-order valence-corrected chi connectivity index (χ4v) is 5.08. The molecule has 1 spiro atoms. The molecule has 2 aliphatic heterocycles. The molecular weight excluding hydrogens is 302 g/mol. The highest BCUT2D eigenvalue weighted by atomic mass is 15.2. The minimum absolute atomic E-state index is 0.226. The predicted octanol–water partition coefficient (Wildman–Crippen LogP) is 5.40. The molecule has 0 saturated carbocycles. The third-order valence-corrected chi connectivity index (χ3v) is 5.93. The molecular formula is C24H17N. The Labute approximate surface area is 147 Å². The summed E-state index contributed by atoms with van der Waals surface area (Å²) in [5, 5.41) is 0. The van der Waals surface area contributed by atoms with Crippen LogP contribution in [0.1, 0.15) is 28.3 Å². The minimum Gasteiger partial charge on any atom is -0.349 e. The molecule has 25 heavy (non-hydrogen) atoms. The van der Waals surface area contributed by atoms with Gasteiger partial charge in [0.15, 0.2) is 0 Å². The number of nitrogens with zero attached hydrogens (tertiary/aromatic N) is 1. The van der Waals surface area contributed by atoms with E-state index in [4.69, 9.17) is 0 Å². The summed E-state index contributed by atoms with van der Waals surface area (Å²) in [4.78, 5) is 2.54. The lowest BCUT2D eigenvalue weighted by Crippen LogP contribution is -2.40. The molecule has 1 nitrogen and oxygen atoms in total. The summed E-state index contributed by atoms with van der Waals surface area (Å²) < 4.78 is 0. The van der Waals surface area contributed by atoms with Gasteiger partial charge in [-0.2, -0.15) is 0 Å². The highest BCUT2D eigenvalue weighted by Crippen LogP contribution is 2.61. The lowest BCUT2D eigenvalue weighted by Gasteiger charge is -2.40. The molecule has 0 bridgehead atoms. The van der Waals surface area contributed by atoms with E-state index in [1.165, 1.54) is 33.4 Å². The van der Waals surface area contributed by atoms with Crippen LogP contribution in [0.3, 0.4) is 0 Å². The summed E-state index contributed by atoms with van der Waals surface area (Å²) in [6.07, 6.45) is 8.91. The number of hydrogen-bond acceptors (Lipinski definition) is 1. The Morgan fingerprint density at radius 1 is 0.640 bits per heavy atom. The Morgan fingerprint density at radius 3 is 1.96 bits per heavy atom. The van der Waals surface area contributed by atoms with Crippen LogP contribution in [0, 0.1) is 0 Å². The monoisotopic (exact) mass is 319 g/mol. The second-order valence-corrected chi connectivity index (χ2v) is 6.97. The van der Waals surface area contributed by atoms with Gasteiger partial charge in [-0.15, -0.1) is 0 Å². The normalized spacial score (nSPS) is 20.3. The molecule has 3 aromatic rings. The van der Waals surface area contributed by atoms with Crippen molar-refractivity contribution in [3.05, 3.63) is 119 Å². The molecule has 0 radical (unpaired) electrons. The van der Waals surface area contributed by atoms with Crippen LogP contribution in [0.4, 0.5) is 0 Å². The Kier molecular flexibility index (Phi) is 2.39. The average molecular weight is 319 g/mol. The molecule has 0 aromatic heterocycles. The highest BCUT2D eigenvalue weighted by molar-refractivity contribution is 5.84. The van der Waals surface area contributed by atoms with Crippen molar-refractivity contribution in [2.75, 3.05) is 0 Å². The van der Waals surface area contributed by atoms with Gasteiger partial charge < -0.3 is 4.90 Å². The molecule has 2 heterocycles. The van der Waals surface area contributed by atoms with E-state index in [1.54, 1.807) is 0 Å². The molecule has 0 fully saturated rings. The second-order valence-electron chi connectivity index (χ2n) is 6.97. The second kappa shape index (κ2) is 4.52. The first kappa shape index (κ1) is 13.3. The van der Waals surface area contributed by atoms with E-state index >= 15 is 0 Å². The van der Waals surface area contributed by atoms with E-state index in [0.29, 0.717) is 6.04 Å². The molecule has 1 aliphatic carbocycles. The van der Waals surface area contributed by atoms with Crippen molar-refractivity contribution < 1.29 is 0 Å². The molecule has 0 saturated heterocycles. The fourth-order valence-electron chi connectivity index (χ4n) is 5.08. The Balaban J connectivity index is 1.81. The molecule has 6 rings (SSSR count). The molecule has 1 atom stereocenters. The van der Waals surface area contributed by atoms with Gasteiger partial charge in [-0.1, -0.05) is 84.9 Å². The van der Waals surface area contributed by atoms with Crippen LogP contribution in [0.15, 0.2) is 97.2 Å². The zero-order chi connectivity index (χ0) is 16.4. The van der Waals surface area contributed by atoms with Crippen molar-refractivity contribution >= 4 is 0 Å². The summed E-state index contributed by atoms with van der Waals surface area (Å²) in [5.74, 6) is 0. The van der Waals surface area contributed by atoms with E-state index in [9.17, 15) is 0 Å². The van der Waals surface area contributed by atoms with Gasteiger partial charge in [-0.3, -0.25) is 0 Å². The zero-order valence-corrected chi connectivity index (χ0v) is 13.8. The van der Waals surface area contributed by atoms with Crippen LogP contribution >= 0.6 is 0 Å². The Bertz CT molecular complexity index is 1030. The smallest absolute Gasteiger partial charge is 0.118 e. The number of allylic oxidation sites excluding steroid dienone is 2. The molecule has 0 N–H and O–H groups in total. The summed E-state index contributed by atoms with van der Waals surface area (Å²) in [6.45, 7) is 0. The van der Waals surface area contributed by atoms with Crippen molar-refractivity contribution in [2.45, 2.75) is 11.6 Å². The van der Waals surface area contributed by atoms with Gasteiger partial charge in [0.2, 0.25) is 0 Å². The third-order valence-electron chi connectivity index (χ3n) is 5.93. The van der Waals surface area contributed by atoms with Crippen molar-refractivity contribution in [2.24, 2.45) is 0 Å². The number of fused-ring (bicyclic) bond motifs is 10. The third kappa shape index (κ3) is 1.41. The van der Waals surface area contributed by atoms with Crippen LogP contribution in [0.25, 0.3) is 11.1 Å². The molecule has 3 aliphatic rings. The van der Waals surface area contributed by atoms with Gasteiger partial charge in [-0.25, -0.2) is 0 Å². The van der Waals surface area contributed by atoms with Crippen LogP contribution in [0.2, 0.25) is 0 Å². The maximum Gasteiger partial charge on any atom is 0.118 e. The first-order valence-corrected chi connectivity index (χ1v) is 8.84. The van der Waals surface area contributed by atoms with Crippen LogP contribution in [-0.2, 0) is 5.54 Å². The van der Waals surface area contributed by atoms with Gasteiger partial charge in [0, 0.05) is 6.20 Å². The molecule has 118 valence electrons. The Hall–Kier alpha value is -3.06. The lowest BCUT2D eigenvalue weighted by molar-refractivity contribution is 0.231. The van der Waals surface area contributed by atoms with Gasteiger partial charge in [0.05, 0.1) is 6.04 Å². The number of hydrogen-bond donors (Lipinski definition) is 0. The number of rotatable bonds is 0. The molecule has 3 aromatic carbocycles. The van der Waals surface area contributed by atoms with Crippen LogP contribution in [-0.4, -0.2) is 4.90 Å². The van der Waals surface area contributed by atoms with Crippen molar-refractivity contribution in [3.8, 4) is 11.1 Å². The maximum absolute atomic E-state index is 2.54. The standard InChI is InChI=1S/C24H17N/c1-4-12-20-17(9-1)18-10-2-5-13-21(18)24(20)22-14-6-3-11-19(22)23-15-7-8-16-25(23)24/h1-16,23H. The van der Waals surface area contributed by atoms with Crippen molar-refractivity contribution in [3.63, 3.8) is 0 Å². The van der Waals surface area contributed by atoms with E-state index in [1.807, 2.05) is 0 Å². The van der Waals surface area contributed by atoms with Crippen molar-refractivity contribution in [1.82, 2.24) is 4.90 Å². The minimum atomic E-state index is -0.226. The van der Waals surface area contributed by atoms with Gasteiger partial charge in [-0.05, 0) is 39.5 Å². The van der Waals surface area contributed by atoms with E-state index in [-0.39, 0.29) is 5.54 Å². The summed E-state index contributed by atoms with van der Waals surface area (Å²) in [6, 6.07) is 27.0. The van der Waals surface area contributed by atoms with Crippen molar-refractivity contribution in [1.29, 1.82) is 0 Å². The predicted molar refractivity (Wildman–Crippen MR) is 101 cm³/mol. The highest BCUT2D eigenvalue weighted by Gasteiger charge is 2.55. The fraction of sp³-hybridized carbons (Fsp3) is 0.0833. The van der Waals surface area contributed by atoms with E-state index in [2.05, 4.69) is 102 Å². The van der Waals surface area contributed by atoms with E-state index in [0.717, 1.165) is 0 Å². The van der Waals surface area contributed by atoms with Gasteiger partial charge in [0.1, 0.15) is 5.54 Å². The zero-order valence-electron chi connectivity index (χ0n) is 13.8. The molecule has 0 amide bonds. The SMILES string of the molecule is C1=CC2c3ccccc3C3(c4ccccc4-c4ccccc43)N2C=C1. The summed E-state index contributed by atoms with van der Waals surface area (Å²) in [7, 11) is 0. The summed E-state index contributed by atoms with van der Waals surface area (Å²) in [5.41, 5.74) is 8.10. The van der Waals surface area contributed by atoms with Crippen LogP contribution < -0.4 is 0 Å². The largest absolute Gasteiger partial charge is 0.349 e. The summed E-state index contributed by atoms with van der Waals surface area (Å²) >= 11 is 0. The average Bonchev–Trinajstić information content (AvgIpc) is 3.16. The molecule has 1 unspecified atom stereocenters. The lowest BCUT2D eigenvalue weighted by atomic mass is 9.80. The van der Waals surface area contributed by atoms with E-state index < -0.39 is 0 Å². The quantitative estimate of drug-likeness (QED) is 0.536. The molecule has 1 heteroatoms. The first-order chi connectivity index (χ1) is 12.4. The van der Waals surface area contributed by atoms with Crippen LogP contribution in [0.5, 0.6) is 0 Å². The first-order valence-electron chi connectivity index (χ1n) is 8.84.